The van der Waals surface area contributed by atoms with Gasteiger partial charge in [-0.15, -0.1) is 0 Å². The molecule has 0 fully saturated rings. The molecule has 102 valence electrons. The zero-order chi connectivity index (χ0) is 14.0. The van der Waals surface area contributed by atoms with E-state index < -0.39 is 14.6 Å². The van der Waals surface area contributed by atoms with Crippen molar-refractivity contribution in [3.8, 4) is 0 Å². The van der Waals surface area contributed by atoms with E-state index in [4.69, 9.17) is 0 Å². The van der Waals surface area contributed by atoms with Crippen LogP contribution in [0.15, 0.2) is 23.1 Å². The van der Waals surface area contributed by atoms with Crippen molar-refractivity contribution < 1.29 is 8.42 Å². The monoisotopic (exact) mass is 271 g/mol. The molecule has 18 heavy (non-hydrogen) atoms. The SMILES string of the molecule is CCc1ccn(CCC(C)(C)S(C)(=O)=O)c(=O)c1. The van der Waals surface area contributed by atoms with Crippen LogP contribution in [0.25, 0.3) is 0 Å². The molecule has 0 spiro atoms. The molecule has 0 aliphatic heterocycles. The van der Waals surface area contributed by atoms with Gasteiger partial charge >= 0.3 is 0 Å². The molecule has 1 rings (SSSR count). The molecule has 4 nitrogen and oxygen atoms in total. The van der Waals surface area contributed by atoms with Crippen LogP contribution < -0.4 is 5.56 Å². The quantitative estimate of drug-likeness (QED) is 0.818. The van der Waals surface area contributed by atoms with Gasteiger partial charge in [0.05, 0.1) is 4.75 Å². The molecule has 0 aliphatic carbocycles. The Bertz CT molecular complexity index is 570. The molecule has 0 unspecified atom stereocenters. The lowest BCUT2D eigenvalue weighted by Crippen LogP contribution is -2.33. The van der Waals surface area contributed by atoms with E-state index in [2.05, 4.69) is 0 Å². The Morgan fingerprint density at radius 3 is 2.39 bits per heavy atom. The first kappa shape index (κ1) is 15.0. The number of pyridine rings is 1. The predicted molar refractivity (Wildman–Crippen MR) is 73.6 cm³/mol. The molecular formula is C13H21NO3S. The van der Waals surface area contributed by atoms with Crippen LogP contribution in [0.5, 0.6) is 0 Å². The van der Waals surface area contributed by atoms with Crippen molar-refractivity contribution in [1.82, 2.24) is 4.57 Å². The highest BCUT2D eigenvalue weighted by molar-refractivity contribution is 7.92. The molecule has 0 atom stereocenters. The Balaban J connectivity index is 2.85. The van der Waals surface area contributed by atoms with Crippen LogP contribution >= 0.6 is 0 Å². The van der Waals surface area contributed by atoms with Gasteiger partial charge in [0.15, 0.2) is 9.84 Å². The lowest BCUT2D eigenvalue weighted by Gasteiger charge is -2.22. The number of aromatic nitrogens is 1. The van der Waals surface area contributed by atoms with Crippen LogP contribution in [0.2, 0.25) is 0 Å². The molecule has 0 aliphatic rings. The van der Waals surface area contributed by atoms with Crippen LogP contribution in [-0.2, 0) is 22.8 Å². The van der Waals surface area contributed by atoms with Gasteiger partial charge in [-0.3, -0.25) is 4.79 Å². The van der Waals surface area contributed by atoms with E-state index in [1.807, 2.05) is 13.0 Å². The first-order valence-corrected chi connectivity index (χ1v) is 7.95. The molecule has 0 N–H and O–H groups in total. The fraction of sp³-hybridized carbons (Fsp3) is 0.615. The topological polar surface area (TPSA) is 56.1 Å². The van der Waals surface area contributed by atoms with E-state index in [-0.39, 0.29) is 5.56 Å². The number of hydrogen-bond acceptors (Lipinski definition) is 3. The molecule has 5 heteroatoms. The molecule has 0 saturated carbocycles. The summed E-state index contributed by atoms with van der Waals surface area (Å²) in [4.78, 5) is 11.8. The van der Waals surface area contributed by atoms with Gasteiger partial charge in [0, 0.05) is 25.1 Å². The lowest BCUT2D eigenvalue weighted by atomic mass is 10.1. The highest BCUT2D eigenvalue weighted by atomic mass is 32.2. The van der Waals surface area contributed by atoms with Crippen molar-refractivity contribution in [2.24, 2.45) is 0 Å². The Kier molecular flexibility index (Phi) is 4.37. The molecular weight excluding hydrogens is 250 g/mol. The molecule has 0 aromatic carbocycles. The fourth-order valence-electron chi connectivity index (χ4n) is 1.53. The molecule has 1 heterocycles. The van der Waals surface area contributed by atoms with Gasteiger partial charge in [-0.1, -0.05) is 6.92 Å². The molecule has 1 aromatic rings. The van der Waals surface area contributed by atoms with Crippen molar-refractivity contribution in [3.05, 3.63) is 34.2 Å². The molecule has 0 saturated heterocycles. The predicted octanol–water partition coefficient (Wildman–Crippen LogP) is 1.62. The first-order chi connectivity index (χ1) is 8.17. The Hall–Kier alpha value is -1.10. The molecule has 1 aromatic heterocycles. The van der Waals surface area contributed by atoms with E-state index in [0.29, 0.717) is 13.0 Å². The Morgan fingerprint density at radius 2 is 1.94 bits per heavy atom. The second kappa shape index (κ2) is 5.26. The summed E-state index contributed by atoms with van der Waals surface area (Å²) in [7, 11) is -3.11. The number of nitrogens with zero attached hydrogens (tertiary/aromatic N) is 1. The summed E-state index contributed by atoms with van der Waals surface area (Å²) < 4.78 is 23.9. The largest absolute Gasteiger partial charge is 0.315 e. The van der Waals surface area contributed by atoms with E-state index >= 15 is 0 Å². The minimum Gasteiger partial charge on any atom is -0.315 e. The minimum atomic E-state index is -3.11. The summed E-state index contributed by atoms with van der Waals surface area (Å²) in [5.74, 6) is 0. The third-order valence-electron chi connectivity index (χ3n) is 3.43. The summed E-state index contributed by atoms with van der Waals surface area (Å²) in [5, 5.41) is 0. The zero-order valence-corrected chi connectivity index (χ0v) is 12.3. The second-order valence-corrected chi connectivity index (χ2v) is 7.85. The average molecular weight is 271 g/mol. The summed E-state index contributed by atoms with van der Waals surface area (Å²) in [6, 6.07) is 3.50. The van der Waals surface area contributed by atoms with Crippen LogP contribution in [-0.4, -0.2) is 24.0 Å². The van der Waals surface area contributed by atoms with Crippen LogP contribution in [0, 0.1) is 0 Å². The third kappa shape index (κ3) is 3.45. The van der Waals surface area contributed by atoms with Gasteiger partial charge < -0.3 is 4.57 Å². The van der Waals surface area contributed by atoms with Crippen molar-refractivity contribution in [2.75, 3.05) is 6.26 Å². The average Bonchev–Trinajstić information content (AvgIpc) is 2.25. The molecule has 0 radical (unpaired) electrons. The number of aryl methyl sites for hydroxylation is 2. The first-order valence-electron chi connectivity index (χ1n) is 6.06. The van der Waals surface area contributed by atoms with Crippen molar-refractivity contribution in [3.63, 3.8) is 0 Å². The highest BCUT2D eigenvalue weighted by Crippen LogP contribution is 2.20. The smallest absolute Gasteiger partial charge is 0.250 e. The van der Waals surface area contributed by atoms with Crippen LogP contribution in [0.1, 0.15) is 32.8 Å². The zero-order valence-electron chi connectivity index (χ0n) is 11.4. The standard InChI is InChI=1S/C13H21NO3S/c1-5-11-6-8-14(12(15)10-11)9-7-13(2,3)18(4,16)17/h6,8,10H,5,7,9H2,1-4H3. The summed E-state index contributed by atoms with van der Waals surface area (Å²) in [5.41, 5.74) is 0.928. The van der Waals surface area contributed by atoms with Crippen LogP contribution in [0.4, 0.5) is 0 Å². The van der Waals surface area contributed by atoms with Crippen molar-refractivity contribution in [2.45, 2.75) is 44.9 Å². The van der Waals surface area contributed by atoms with E-state index in [1.165, 1.54) is 6.26 Å². The summed E-state index contributed by atoms with van der Waals surface area (Å²) >= 11 is 0. The maximum Gasteiger partial charge on any atom is 0.250 e. The Morgan fingerprint density at radius 1 is 1.33 bits per heavy atom. The van der Waals surface area contributed by atoms with Crippen LogP contribution in [0.3, 0.4) is 0 Å². The molecule has 0 amide bonds. The number of sulfone groups is 1. The minimum absolute atomic E-state index is 0.0707. The number of hydrogen-bond donors (Lipinski definition) is 0. The van der Waals surface area contributed by atoms with E-state index in [0.717, 1.165) is 12.0 Å². The van der Waals surface area contributed by atoms with E-state index in [9.17, 15) is 13.2 Å². The molecule has 0 bridgehead atoms. The highest BCUT2D eigenvalue weighted by Gasteiger charge is 2.29. The maximum absolute atomic E-state index is 11.8. The maximum atomic E-state index is 11.8. The third-order valence-corrected chi connectivity index (χ3v) is 5.64. The second-order valence-electron chi connectivity index (χ2n) is 5.20. The Labute approximate surface area is 109 Å². The fourth-order valence-corrected chi connectivity index (χ4v) is 1.99. The lowest BCUT2D eigenvalue weighted by molar-refractivity contribution is 0.495. The van der Waals surface area contributed by atoms with Gasteiger partial charge in [-0.05, 0) is 38.3 Å². The van der Waals surface area contributed by atoms with Gasteiger partial charge in [0.25, 0.3) is 5.56 Å². The van der Waals surface area contributed by atoms with E-state index in [1.54, 1.807) is 30.7 Å². The van der Waals surface area contributed by atoms with Gasteiger partial charge in [-0.25, -0.2) is 8.42 Å². The normalized spacial score (nSPS) is 12.7. The summed E-state index contributed by atoms with van der Waals surface area (Å²) in [6.45, 7) is 5.79. The van der Waals surface area contributed by atoms with Gasteiger partial charge in [-0.2, -0.15) is 0 Å². The van der Waals surface area contributed by atoms with Gasteiger partial charge in [0.2, 0.25) is 0 Å². The number of rotatable bonds is 5. The van der Waals surface area contributed by atoms with Crippen molar-refractivity contribution >= 4 is 9.84 Å². The van der Waals surface area contributed by atoms with Crippen molar-refractivity contribution in [1.29, 1.82) is 0 Å². The van der Waals surface area contributed by atoms with Gasteiger partial charge in [0.1, 0.15) is 0 Å². The summed E-state index contributed by atoms with van der Waals surface area (Å²) in [6.07, 6.45) is 4.22.